The van der Waals surface area contributed by atoms with Crippen LogP contribution < -0.4 is 5.32 Å². The van der Waals surface area contributed by atoms with E-state index in [1.54, 1.807) is 11.8 Å². The molecule has 1 aliphatic rings. The largest absolute Gasteiger partial charge is 0.355 e. The Morgan fingerprint density at radius 2 is 1.56 bits per heavy atom. The summed E-state index contributed by atoms with van der Waals surface area (Å²) in [5, 5.41) is 3.36. The van der Waals surface area contributed by atoms with Crippen molar-refractivity contribution in [2.75, 3.05) is 5.32 Å². The molecule has 0 aliphatic carbocycles. The lowest BCUT2D eigenvalue weighted by Crippen LogP contribution is -1.96. The predicted molar refractivity (Wildman–Crippen MR) is 69.7 cm³/mol. The molecular weight excluding hydrogens is 214 g/mol. The first-order valence-corrected chi connectivity index (χ1v) is 5.98. The molecule has 0 aromatic heterocycles. The van der Waals surface area contributed by atoms with E-state index in [4.69, 9.17) is 0 Å². The number of hydrogen-bond acceptors (Lipinski definition) is 2. The quantitative estimate of drug-likeness (QED) is 0.720. The minimum absolute atomic E-state index is 0.966. The number of hydrogen-bond donors (Lipinski definition) is 1. The van der Waals surface area contributed by atoms with Gasteiger partial charge >= 0.3 is 0 Å². The minimum Gasteiger partial charge on any atom is -0.355 e. The van der Waals surface area contributed by atoms with Gasteiger partial charge in [0, 0.05) is 21.1 Å². The summed E-state index contributed by atoms with van der Waals surface area (Å²) in [5.74, 6) is 0. The lowest BCUT2D eigenvalue weighted by molar-refractivity contribution is 1.40. The van der Waals surface area contributed by atoms with E-state index in [0.29, 0.717) is 0 Å². The number of nitrogens with one attached hydrogen (secondary N) is 1. The van der Waals surface area contributed by atoms with Gasteiger partial charge in [0.15, 0.2) is 0 Å². The predicted octanol–water partition coefficient (Wildman–Crippen LogP) is 4.23. The minimum atomic E-state index is 0.966. The number of para-hydroxylation sites is 1. The first kappa shape index (κ1) is 9.55. The Bertz CT molecular complexity index is 560. The van der Waals surface area contributed by atoms with Crippen LogP contribution in [0, 0.1) is 0 Å². The zero-order chi connectivity index (χ0) is 11.0. The van der Waals surface area contributed by atoms with Crippen LogP contribution in [0.3, 0.4) is 0 Å². The van der Waals surface area contributed by atoms with Crippen molar-refractivity contribution in [3.8, 4) is 0 Å². The van der Waals surface area contributed by atoms with Gasteiger partial charge in [0.2, 0.25) is 0 Å². The van der Waals surface area contributed by atoms with E-state index < -0.39 is 0 Å². The van der Waals surface area contributed by atoms with Crippen LogP contribution in [-0.4, -0.2) is 0 Å². The fourth-order valence-corrected chi connectivity index (χ4v) is 2.87. The van der Waals surface area contributed by atoms with Crippen molar-refractivity contribution >= 4 is 23.1 Å². The van der Waals surface area contributed by atoms with E-state index in [2.05, 4.69) is 48.3 Å². The Morgan fingerprint density at radius 1 is 0.875 bits per heavy atom. The van der Waals surface area contributed by atoms with Crippen molar-refractivity contribution in [2.45, 2.75) is 9.79 Å². The highest BCUT2D eigenvalue weighted by molar-refractivity contribution is 7.99. The SMILES string of the molecule is C=C1Nc2ccccc2Sc2ccccc21. The van der Waals surface area contributed by atoms with Gasteiger partial charge in [-0.25, -0.2) is 0 Å². The van der Waals surface area contributed by atoms with Gasteiger partial charge < -0.3 is 5.32 Å². The molecule has 2 aromatic carbocycles. The maximum absolute atomic E-state index is 4.09. The molecule has 0 fully saturated rings. The topological polar surface area (TPSA) is 12.0 Å². The van der Waals surface area contributed by atoms with Crippen molar-refractivity contribution in [1.29, 1.82) is 0 Å². The van der Waals surface area contributed by atoms with E-state index >= 15 is 0 Å². The second-order valence-electron chi connectivity index (χ2n) is 3.70. The third-order valence-corrected chi connectivity index (χ3v) is 3.76. The van der Waals surface area contributed by atoms with E-state index in [1.165, 1.54) is 15.4 Å². The monoisotopic (exact) mass is 225 g/mol. The summed E-state index contributed by atoms with van der Waals surface area (Å²) >= 11 is 1.78. The summed E-state index contributed by atoms with van der Waals surface area (Å²) < 4.78 is 0. The van der Waals surface area contributed by atoms with Gasteiger partial charge in [0.1, 0.15) is 0 Å². The average molecular weight is 225 g/mol. The van der Waals surface area contributed by atoms with Crippen molar-refractivity contribution in [3.63, 3.8) is 0 Å². The lowest BCUT2D eigenvalue weighted by atomic mass is 10.1. The maximum atomic E-state index is 4.09. The molecule has 0 atom stereocenters. The molecule has 78 valence electrons. The summed E-state index contributed by atoms with van der Waals surface area (Å²) in [7, 11) is 0. The highest BCUT2D eigenvalue weighted by atomic mass is 32.2. The van der Waals surface area contributed by atoms with Gasteiger partial charge in [-0.2, -0.15) is 0 Å². The third-order valence-electron chi connectivity index (χ3n) is 2.60. The van der Waals surface area contributed by atoms with E-state index in [-0.39, 0.29) is 0 Å². The fraction of sp³-hybridized carbons (Fsp3) is 0. The molecule has 16 heavy (non-hydrogen) atoms. The Kier molecular flexibility index (Phi) is 2.22. The van der Waals surface area contributed by atoms with Crippen molar-refractivity contribution in [1.82, 2.24) is 0 Å². The summed E-state index contributed by atoms with van der Waals surface area (Å²) in [6.07, 6.45) is 0. The van der Waals surface area contributed by atoms with Crippen LogP contribution in [-0.2, 0) is 0 Å². The van der Waals surface area contributed by atoms with Crippen LogP contribution >= 0.6 is 11.8 Å². The summed E-state index contributed by atoms with van der Waals surface area (Å²) in [6, 6.07) is 16.6. The van der Waals surface area contributed by atoms with E-state index in [1.807, 2.05) is 12.1 Å². The summed E-state index contributed by atoms with van der Waals surface area (Å²) in [5.41, 5.74) is 3.28. The first-order valence-electron chi connectivity index (χ1n) is 5.17. The maximum Gasteiger partial charge on any atom is 0.0526 e. The van der Waals surface area contributed by atoms with Crippen LogP contribution in [0.25, 0.3) is 5.70 Å². The van der Waals surface area contributed by atoms with Crippen LogP contribution in [0.2, 0.25) is 0 Å². The van der Waals surface area contributed by atoms with Crippen molar-refractivity contribution in [2.24, 2.45) is 0 Å². The smallest absolute Gasteiger partial charge is 0.0526 e. The molecular formula is C14H11NS. The molecule has 1 nitrogen and oxygen atoms in total. The van der Waals surface area contributed by atoms with Crippen molar-refractivity contribution < 1.29 is 0 Å². The molecule has 1 aliphatic heterocycles. The van der Waals surface area contributed by atoms with Gasteiger partial charge in [0.25, 0.3) is 0 Å². The van der Waals surface area contributed by atoms with Gasteiger partial charge in [-0.15, -0.1) is 0 Å². The van der Waals surface area contributed by atoms with Crippen LogP contribution in [0.15, 0.2) is 64.9 Å². The zero-order valence-corrected chi connectivity index (χ0v) is 9.55. The first-order chi connectivity index (χ1) is 7.84. The Hall–Kier alpha value is -1.67. The van der Waals surface area contributed by atoms with Gasteiger partial charge in [-0.05, 0) is 18.2 Å². The molecule has 2 heteroatoms. The summed E-state index contributed by atoms with van der Waals surface area (Å²) in [6.45, 7) is 4.09. The molecule has 1 N–H and O–H groups in total. The normalized spacial score (nSPS) is 13.4. The number of anilines is 1. The highest BCUT2D eigenvalue weighted by Gasteiger charge is 2.14. The molecule has 0 unspecified atom stereocenters. The third kappa shape index (κ3) is 1.51. The molecule has 2 aromatic rings. The average Bonchev–Trinajstić information content (AvgIpc) is 2.45. The van der Waals surface area contributed by atoms with Crippen LogP contribution in [0.5, 0.6) is 0 Å². The van der Waals surface area contributed by atoms with E-state index in [9.17, 15) is 0 Å². The Balaban J connectivity index is 2.18. The van der Waals surface area contributed by atoms with Crippen molar-refractivity contribution in [3.05, 3.63) is 60.7 Å². The molecule has 0 bridgehead atoms. The molecule has 3 rings (SSSR count). The standard InChI is InChI=1S/C14H11NS/c1-10-11-6-2-4-8-13(11)16-14-9-5-3-7-12(14)15-10/h2-9,15H,1H2. The Labute approximate surface area is 99.2 Å². The molecule has 1 heterocycles. The second kappa shape index (κ2) is 3.72. The van der Waals surface area contributed by atoms with Crippen LogP contribution in [0.4, 0.5) is 5.69 Å². The lowest BCUT2D eigenvalue weighted by Gasteiger charge is -2.07. The highest BCUT2D eigenvalue weighted by Crippen LogP contribution is 2.41. The van der Waals surface area contributed by atoms with E-state index in [0.717, 1.165) is 11.4 Å². The zero-order valence-electron chi connectivity index (χ0n) is 8.73. The van der Waals surface area contributed by atoms with Gasteiger partial charge in [-0.1, -0.05) is 48.7 Å². The number of benzene rings is 2. The Morgan fingerprint density at radius 3 is 2.44 bits per heavy atom. The number of fused-ring (bicyclic) bond motifs is 2. The second-order valence-corrected chi connectivity index (χ2v) is 4.78. The van der Waals surface area contributed by atoms with Crippen LogP contribution in [0.1, 0.15) is 5.56 Å². The molecule has 0 amide bonds. The number of rotatable bonds is 0. The molecule has 0 saturated carbocycles. The summed E-state index contributed by atoms with van der Waals surface area (Å²) in [4.78, 5) is 2.50. The molecule has 0 spiro atoms. The van der Waals surface area contributed by atoms with Gasteiger partial charge in [0.05, 0.1) is 5.69 Å². The molecule has 0 saturated heterocycles. The molecule has 0 radical (unpaired) electrons. The fourth-order valence-electron chi connectivity index (χ4n) is 1.81. The van der Waals surface area contributed by atoms with Gasteiger partial charge in [-0.3, -0.25) is 0 Å².